The van der Waals surface area contributed by atoms with E-state index in [9.17, 15) is 0 Å². The zero-order valence-corrected chi connectivity index (χ0v) is 12.3. The number of unbranched alkanes of at least 4 members (excludes halogenated alkanes) is 1. The lowest BCUT2D eigenvalue weighted by molar-refractivity contribution is 0.0350. The quantitative estimate of drug-likeness (QED) is 0.622. The number of pyridine rings is 1. The second kappa shape index (κ2) is 10.3. The van der Waals surface area contributed by atoms with Gasteiger partial charge in [-0.05, 0) is 12.5 Å². The van der Waals surface area contributed by atoms with Crippen molar-refractivity contribution in [2.75, 3.05) is 33.0 Å². The number of rotatable bonds is 10. The Morgan fingerprint density at radius 3 is 2.56 bits per heavy atom. The van der Waals surface area contributed by atoms with Crippen molar-refractivity contribution in [3.63, 3.8) is 0 Å². The molecule has 0 aliphatic carbocycles. The number of hydrogen-bond acceptors (Lipinski definition) is 4. The van der Waals surface area contributed by atoms with Gasteiger partial charge in [0.2, 0.25) is 5.88 Å². The van der Waals surface area contributed by atoms with Crippen LogP contribution in [0.5, 0.6) is 5.88 Å². The molecule has 0 N–H and O–H groups in total. The molecule has 0 aliphatic rings. The number of ether oxygens (including phenoxy) is 3. The first kappa shape index (κ1) is 15.4. The van der Waals surface area contributed by atoms with E-state index >= 15 is 0 Å². The molecule has 0 aromatic carbocycles. The summed E-state index contributed by atoms with van der Waals surface area (Å²) in [6.45, 7) is 5.27. The molecule has 1 heterocycles. The van der Waals surface area contributed by atoms with Crippen LogP contribution in [-0.2, 0) is 9.47 Å². The number of nitrogens with zero attached hydrogens (tertiary/aromatic N) is 1. The summed E-state index contributed by atoms with van der Waals surface area (Å²) < 4.78 is 17.1. The maximum Gasteiger partial charge on any atom is 0.214 e. The minimum Gasteiger partial charge on any atom is -0.475 e. The predicted molar refractivity (Wildman–Crippen MR) is 74.0 cm³/mol. The molecule has 0 fully saturated rings. The van der Waals surface area contributed by atoms with Gasteiger partial charge in [-0.15, -0.1) is 0 Å². The smallest absolute Gasteiger partial charge is 0.214 e. The van der Waals surface area contributed by atoms with Gasteiger partial charge < -0.3 is 14.2 Å². The number of halogens is 1. The Morgan fingerprint density at radius 2 is 1.83 bits per heavy atom. The van der Waals surface area contributed by atoms with Crippen molar-refractivity contribution in [1.29, 1.82) is 0 Å². The fraction of sp³-hybridized carbons (Fsp3) is 0.615. The molecule has 1 aromatic heterocycles. The van der Waals surface area contributed by atoms with Gasteiger partial charge in [-0.3, -0.25) is 0 Å². The Hall–Kier alpha value is -0.650. The molecule has 0 saturated carbocycles. The lowest BCUT2D eigenvalue weighted by atomic mass is 10.4. The largest absolute Gasteiger partial charge is 0.475 e. The SMILES string of the molecule is CCCCOCCOCCOc1cc(Br)ccn1. The van der Waals surface area contributed by atoms with Crippen molar-refractivity contribution in [3.05, 3.63) is 22.8 Å². The molecule has 0 saturated heterocycles. The van der Waals surface area contributed by atoms with Crippen LogP contribution in [0.1, 0.15) is 19.8 Å². The van der Waals surface area contributed by atoms with Crippen molar-refractivity contribution in [1.82, 2.24) is 4.98 Å². The van der Waals surface area contributed by atoms with Gasteiger partial charge in [0.15, 0.2) is 0 Å². The summed E-state index contributed by atoms with van der Waals surface area (Å²) in [6.07, 6.45) is 3.97. The van der Waals surface area contributed by atoms with Gasteiger partial charge in [0, 0.05) is 23.3 Å². The first-order valence-electron chi connectivity index (χ1n) is 6.22. The molecule has 5 heteroatoms. The number of aromatic nitrogens is 1. The highest BCUT2D eigenvalue weighted by atomic mass is 79.9. The van der Waals surface area contributed by atoms with E-state index < -0.39 is 0 Å². The molecular weight excluding hydrogens is 298 g/mol. The summed E-state index contributed by atoms with van der Waals surface area (Å²) in [6, 6.07) is 3.69. The second-order valence-electron chi connectivity index (χ2n) is 3.74. The van der Waals surface area contributed by atoms with Crippen molar-refractivity contribution in [2.45, 2.75) is 19.8 Å². The summed E-state index contributed by atoms with van der Waals surface area (Å²) in [5.41, 5.74) is 0. The first-order chi connectivity index (χ1) is 8.83. The highest BCUT2D eigenvalue weighted by Gasteiger charge is 1.96. The monoisotopic (exact) mass is 317 g/mol. The summed E-state index contributed by atoms with van der Waals surface area (Å²) >= 11 is 3.36. The normalized spacial score (nSPS) is 10.6. The molecule has 1 rings (SSSR count). The summed E-state index contributed by atoms with van der Waals surface area (Å²) in [5.74, 6) is 0.604. The van der Waals surface area contributed by atoms with Gasteiger partial charge in [-0.2, -0.15) is 0 Å². The zero-order chi connectivity index (χ0) is 13.1. The lowest BCUT2D eigenvalue weighted by Crippen LogP contribution is -2.11. The van der Waals surface area contributed by atoms with Crippen molar-refractivity contribution >= 4 is 15.9 Å². The molecule has 0 unspecified atom stereocenters. The molecule has 0 spiro atoms. The van der Waals surface area contributed by atoms with Gasteiger partial charge >= 0.3 is 0 Å². The third-order valence-electron chi connectivity index (χ3n) is 2.19. The number of hydrogen-bond donors (Lipinski definition) is 0. The average Bonchev–Trinajstić information content (AvgIpc) is 2.37. The Balaban J connectivity index is 1.92. The predicted octanol–water partition coefficient (Wildman–Crippen LogP) is 3.06. The molecule has 4 nitrogen and oxygen atoms in total. The van der Waals surface area contributed by atoms with Crippen LogP contribution in [-0.4, -0.2) is 38.0 Å². The summed E-state index contributed by atoms with van der Waals surface area (Å²) in [7, 11) is 0. The summed E-state index contributed by atoms with van der Waals surface area (Å²) in [4.78, 5) is 4.07. The van der Waals surface area contributed by atoms with E-state index in [0.717, 1.165) is 23.9 Å². The highest BCUT2D eigenvalue weighted by Crippen LogP contribution is 2.14. The summed E-state index contributed by atoms with van der Waals surface area (Å²) in [5, 5.41) is 0. The Morgan fingerprint density at radius 1 is 1.11 bits per heavy atom. The molecule has 0 atom stereocenters. The van der Waals surface area contributed by atoms with Gasteiger partial charge in [0.1, 0.15) is 6.61 Å². The molecule has 18 heavy (non-hydrogen) atoms. The Labute approximate surface area is 117 Å². The van der Waals surface area contributed by atoms with Crippen LogP contribution in [0, 0.1) is 0 Å². The highest BCUT2D eigenvalue weighted by molar-refractivity contribution is 9.10. The average molecular weight is 318 g/mol. The van der Waals surface area contributed by atoms with Gasteiger partial charge in [0.25, 0.3) is 0 Å². The fourth-order valence-electron chi connectivity index (χ4n) is 1.24. The van der Waals surface area contributed by atoms with E-state index in [4.69, 9.17) is 14.2 Å². The Kier molecular flexibility index (Phi) is 8.81. The van der Waals surface area contributed by atoms with Crippen molar-refractivity contribution < 1.29 is 14.2 Å². The van der Waals surface area contributed by atoms with E-state index in [1.807, 2.05) is 12.1 Å². The zero-order valence-electron chi connectivity index (χ0n) is 10.7. The first-order valence-corrected chi connectivity index (χ1v) is 7.02. The topological polar surface area (TPSA) is 40.6 Å². The van der Waals surface area contributed by atoms with Gasteiger partial charge in [-0.1, -0.05) is 29.3 Å². The lowest BCUT2D eigenvalue weighted by Gasteiger charge is -2.07. The van der Waals surface area contributed by atoms with Crippen molar-refractivity contribution in [2.24, 2.45) is 0 Å². The minimum atomic E-state index is 0.498. The molecule has 0 radical (unpaired) electrons. The van der Waals surface area contributed by atoms with E-state index in [1.165, 1.54) is 0 Å². The fourth-order valence-corrected chi connectivity index (χ4v) is 1.55. The van der Waals surface area contributed by atoms with E-state index in [1.54, 1.807) is 6.20 Å². The molecule has 0 amide bonds. The maximum atomic E-state index is 5.43. The molecule has 0 bridgehead atoms. The Bertz CT molecular complexity index is 323. The van der Waals surface area contributed by atoms with Crippen LogP contribution in [0.2, 0.25) is 0 Å². The van der Waals surface area contributed by atoms with Crippen LogP contribution in [0.25, 0.3) is 0 Å². The van der Waals surface area contributed by atoms with Crippen LogP contribution in [0.3, 0.4) is 0 Å². The maximum absolute atomic E-state index is 5.43. The molecule has 0 aliphatic heterocycles. The van der Waals surface area contributed by atoms with Crippen LogP contribution < -0.4 is 4.74 Å². The van der Waals surface area contributed by atoms with Crippen LogP contribution in [0.4, 0.5) is 0 Å². The van der Waals surface area contributed by atoms with Gasteiger partial charge in [-0.25, -0.2) is 4.98 Å². The molecule has 1 aromatic rings. The van der Waals surface area contributed by atoms with Crippen LogP contribution >= 0.6 is 15.9 Å². The van der Waals surface area contributed by atoms with E-state index in [0.29, 0.717) is 32.3 Å². The third-order valence-corrected chi connectivity index (χ3v) is 2.68. The van der Waals surface area contributed by atoms with Gasteiger partial charge in [0.05, 0.1) is 19.8 Å². The third kappa shape index (κ3) is 7.63. The minimum absolute atomic E-state index is 0.498. The second-order valence-corrected chi connectivity index (χ2v) is 4.65. The van der Waals surface area contributed by atoms with E-state index in [-0.39, 0.29) is 0 Å². The molecular formula is C13H20BrNO3. The van der Waals surface area contributed by atoms with Crippen LogP contribution in [0.15, 0.2) is 22.8 Å². The molecule has 102 valence electrons. The van der Waals surface area contributed by atoms with E-state index in [2.05, 4.69) is 27.8 Å². The van der Waals surface area contributed by atoms with Crippen molar-refractivity contribution in [3.8, 4) is 5.88 Å². The standard InChI is InChI=1S/C13H20BrNO3/c1-2-3-6-16-7-8-17-9-10-18-13-11-12(14)4-5-15-13/h4-5,11H,2-3,6-10H2,1H3.